The van der Waals surface area contributed by atoms with Crippen molar-refractivity contribution in [2.75, 3.05) is 18.4 Å². The predicted octanol–water partition coefficient (Wildman–Crippen LogP) is 3.14. The maximum atomic E-state index is 12.7. The molecular weight excluding hydrogens is 300 g/mol. The minimum Gasteiger partial charge on any atom is -0.323 e. The first-order valence-corrected chi connectivity index (χ1v) is 8.69. The summed E-state index contributed by atoms with van der Waals surface area (Å²) in [4.78, 5) is 15.1. The van der Waals surface area contributed by atoms with Crippen molar-refractivity contribution in [1.82, 2.24) is 14.7 Å². The van der Waals surface area contributed by atoms with Gasteiger partial charge in [0.25, 0.3) is 0 Å². The van der Waals surface area contributed by atoms with Crippen LogP contribution in [-0.2, 0) is 17.9 Å². The van der Waals surface area contributed by atoms with E-state index in [1.165, 1.54) is 5.56 Å². The molecule has 1 aliphatic rings. The zero-order valence-electron chi connectivity index (χ0n) is 14.5. The van der Waals surface area contributed by atoms with Crippen LogP contribution in [0, 0.1) is 5.41 Å². The van der Waals surface area contributed by atoms with Crippen LogP contribution in [0.1, 0.15) is 32.3 Å². The normalized spacial score (nSPS) is 17.6. The molecule has 24 heavy (non-hydrogen) atoms. The highest BCUT2D eigenvalue weighted by atomic mass is 16.2. The van der Waals surface area contributed by atoms with Crippen LogP contribution in [0.3, 0.4) is 0 Å². The molecule has 1 N–H and O–H groups in total. The molecule has 0 aliphatic carbocycles. The summed E-state index contributed by atoms with van der Waals surface area (Å²) < 4.78 is 1.82. The number of aromatic nitrogens is 2. The number of benzene rings is 1. The zero-order chi connectivity index (χ0) is 17.0. The van der Waals surface area contributed by atoms with Crippen molar-refractivity contribution in [3.63, 3.8) is 0 Å². The smallest absolute Gasteiger partial charge is 0.230 e. The molecule has 5 heteroatoms. The molecule has 128 valence electrons. The Hall–Kier alpha value is -2.14. The highest BCUT2D eigenvalue weighted by Crippen LogP contribution is 2.32. The van der Waals surface area contributed by atoms with Gasteiger partial charge in [-0.15, -0.1) is 0 Å². The van der Waals surface area contributed by atoms with Crippen LogP contribution < -0.4 is 5.32 Å². The van der Waals surface area contributed by atoms with Gasteiger partial charge in [0.1, 0.15) is 0 Å². The number of carbonyl (C=O) groups is 1. The molecule has 0 bridgehead atoms. The summed E-state index contributed by atoms with van der Waals surface area (Å²) in [5.41, 5.74) is 1.81. The lowest BCUT2D eigenvalue weighted by atomic mass is 9.79. The van der Waals surface area contributed by atoms with E-state index in [0.29, 0.717) is 0 Å². The van der Waals surface area contributed by atoms with Crippen LogP contribution in [0.2, 0.25) is 0 Å². The molecule has 1 aromatic heterocycles. The fourth-order valence-corrected chi connectivity index (χ4v) is 3.16. The van der Waals surface area contributed by atoms with Gasteiger partial charge in [0.05, 0.1) is 11.9 Å². The Kier molecular flexibility index (Phi) is 5.00. The lowest BCUT2D eigenvalue weighted by Gasteiger charge is -2.38. The lowest BCUT2D eigenvalue weighted by Crippen LogP contribution is -2.44. The van der Waals surface area contributed by atoms with Gasteiger partial charge in [-0.25, -0.2) is 0 Å². The SMILES string of the molecule is CCn1cc(NC(=O)C2(C)CCN(Cc3ccccc3)CC2)cn1. The lowest BCUT2D eigenvalue weighted by molar-refractivity contribution is -0.127. The number of hydrogen-bond donors (Lipinski definition) is 1. The van der Waals surface area contributed by atoms with Crippen molar-refractivity contribution in [2.24, 2.45) is 5.41 Å². The minimum atomic E-state index is -0.304. The molecule has 0 unspecified atom stereocenters. The number of piperidine rings is 1. The first kappa shape index (κ1) is 16.7. The highest BCUT2D eigenvalue weighted by molar-refractivity contribution is 5.94. The van der Waals surface area contributed by atoms with E-state index in [0.717, 1.165) is 44.7 Å². The van der Waals surface area contributed by atoms with Crippen molar-refractivity contribution in [1.29, 1.82) is 0 Å². The monoisotopic (exact) mass is 326 g/mol. The summed E-state index contributed by atoms with van der Waals surface area (Å²) in [6.45, 7) is 7.78. The molecule has 1 amide bonds. The standard InChI is InChI=1S/C19H26N4O/c1-3-23-15-17(13-20-23)21-18(24)19(2)9-11-22(12-10-19)14-16-7-5-4-6-8-16/h4-8,13,15H,3,9-12,14H2,1-2H3,(H,21,24). The summed E-state index contributed by atoms with van der Waals surface area (Å²) in [6.07, 6.45) is 5.36. The molecular formula is C19H26N4O. The predicted molar refractivity (Wildman–Crippen MR) is 95.6 cm³/mol. The zero-order valence-corrected chi connectivity index (χ0v) is 14.5. The Labute approximate surface area is 143 Å². The second-order valence-corrected chi connectivity index (χ2v) is 6.86. The topological polar surface area (TPSA) is 50.2 Å². The second-order valence-electron chi connectivity index (χ2n) is 6.86. The molecule has 1 saturated heterocycles. The van der Waals surface area contributed by atoms with Crippen LogP contribution in [0.15, 0.2) is 42.7 Å². The van der Waals surface area contributed by atoms with E-state index in [9.17, 15) is 4.79 Å². The third-order valence-electron chi connectivity index (χ3n) is 4.97. The number of nitrogens with one attached hydrogen (secondary N) is 1. The Morgan fingerprint density at radius 3 is 2.58 bits per heavy atom. The van der Waals surface area contributed by atoms with E-state index in [-0.39, 0.29) is 11.3 Å². The molecule has 3 rings (SSSR count). The maximum absolute atomic E-state index is 12.7. The van der Waals surface area contributed by atoms with Gasteiger partial charge in [-0.1, -0.05) is 37.3 Å². The third-order valence-corrected chi connectivity index (χ3v) is 4.97. The van der Waals surface area contributed by atoms with Gasteiger partial charge in [0.15, 0.2) is 0 Å². The Morgan fingerprint density at radius 2 is 1.96 bits per heavy atom. The van der Waals surface area contributed by atoms with Gasteiger partial charge < -0.3 is 5.32 Å². The van der Waals surface area contributed by atoms with E-state index in [1.54, 1.807) is 6.20 Å². The number of aryl methyl sites for hydroxylation is 1. The van der Waals surface area contributed by atoms with E-state index in [1.807, 2.05) is 23.9 Å². The fourth-order valence-electron chi connectivity index (χ4n) is 3.16. The fraction of sp³-hybridized carbons (Fsp3) is 0.474. The van der Waals surface area contributed by atoms with Crippen LogP contribution in [0.5, 0.6) is 0 Å². The number of amides is 1. The summed E-state index contributed by atoms with van der Waals surface area (Å²) in [5, 5.41) is 7.24. The first-order chi connectivity index (χ1) is 11.6. The van der Waals surface area contributed by atoms with E-state index < -0.39 is 0 Å². The van der Waals surface area contributed by atoms with Crippen LogP contribution in [-0.4, -0.2) is 33.7 Å². The van der Waals surface area contributed by atoms with Crippen molar-refractivity contribution in [3.05, 3.63) is 48.3 Å². The molecule has 2 aromatic rings. The first-order valence-electron chi connectivity index (χ1n) is 8.69. The van der Waals surface area contributed by atoms with Gasteiger partial charge >= 0.3 is 0 Å². The number of nitrogens with zero attached hydrogens (tertiary/aromatic N) is 3. The van der Waals surface area contributed by atoms with Gasteiger partial charge in [0, 0.05) is 24.7 Å². The Bertz CT molecular complexity index is 672. The van der Waals surface area contributed by atoms with Crippen molar-refractivity contribution < 1.29 is 4.79 Å². The second kappa shape index (κ2) is 7.18. The van der Waals surface area contributed by atoms with E-state index in [4.69, 9.17) is 0 Å². The van der Waals surface area contributed by atoms with Gasteiger partial charge in [-0.05, 0) is 38.4 Å². The average molecular weight is 326 g/mol. The number of rotatable bonds is 5. The van der Waals surface area contributed by atoms with Gasteiger partial charge in [-0.3, -0.25) is 14.4 Å². The summed E-state index contributed by atoms with van der Waals surface area (Å²) in [6, 6.07) is 10.5. The van der Waals surface area contributed by atoms with Crippen LogP contribution in [0.25, 0.3) is 0 Å². The quantitative estimate of drug-likeness (QED) is 0.918. The summed E-state index contributed by atoms with van der Waals surface area (Å²) in [7, 11) is 0. The van der Waals surface area contributed by atoms with Crippen LogP contribution >= 0.6 is 0 Å². The van der Waals surface area contributed by atoms with Crippen molar-refractivity contribution in [3.8, 4) is 0 Å². The maximum Gasteiger partial charge on any atom is 0.230 e. The summed E-state index contributed by atoms with van der Waals surface area (Å²) >= 11 is 0. The summed E-state index contributed by atoms with van der Waals surface area (Å²) in [5.74, 6) is 0.109. The molecule has 0 atom stereocenters. The number of carbonyl (C=O) groups excluding carboxylic acids is 1. The molecule has 5 nitrogen and oxygen atoms in total. The molecule has 0 radical (unpaired) electrons. The number of anilines is 1. The highest BCUT2D eigenvalue weighted by Gasteiger charge is 2.37. The number of hydrogen-bond acceptors (Lipinski definition) is 3. The molecule has 2 heterocycles. The Balaban J connectivity index is 1.54. The average Bonchev–Trinajstić information content (AvgIpc) is 3.06. The molecule has 1 aromatic carbocycles. The van der Waals surface area contributed by atoms with E-state index >= 15 is 0 Å². The van der Waals surface area contributed by atoms with E-state index in [2.05, 4.69) is 46.5 Å². The number of likely N-dealkylation sites (tertiary alicyclic amines) is 1. The van der Waals surface area contributed by atoms with Crippen molar-refractivity contribution >= 4 is 11.6 Å². The third kappa shape index (κ3) is 3.85. The largest absolute Gasteiger partial charge is 0.323 e. The molecule has 1 fully saturated rings. The minimum absolute atomic E-state index is 0.109. The van der Waals surface area contributed by atoms with Crippen molar-refractivity contribution in [2.45, 2.75) is 39.8 Å². The molecule has 0 saturated carbocycles. The molecule has 0 spiro atoms. The molecule has 1 aliphatic heterocycles. The van der Waals surface area contributed by atoms with Gasteiger partial charge in [0.2, 0.25) is 5.91 Å². The van der Waals surface area contributed by atoms with Crippen LogP contribution in [0.4, 0.5) is 5.69 Å². The van der Waals surface area contributed by atoms with Gasteiger partial charge in [-0.2, -0.15) is 5.10 Å². The Morgan fingerprint density at radius 1 is 1.25 bits per heavy atom.